The summed E-state index contributed by atoms with van der Waals surface area (Å²) in [6.07, 6.45) is 14.9. The molecule has 0 saturated heterocycles. The Balaban J connectivity index is 1.70. The first-order chi connectivity index (χ1) is 17.2. The topological polar surface area (TPSA) is 12.2 Å². The predicted molar refractivity (Wildman–Crippen MR) is 147 cm³/mol. The summed E-state index contributed by atoms with van der Waals surface area (Å²) in [6, 6.07) is 31.2. The lowest BCUT2D eigenvalue weighted by Gasteiger charge is -2.20. The molecule has 5 rings (SSSR count). The molecule has 1 aliphatic heterocycles. The highest BCUT2D eigenvalue weighted by Crippen LogP contribution is 2.34. The summed E-state index contributed by atoms with van der Waals surface area (Å²) in [7, 11) is 4.16. The molecule has 0 spiro atoms. The summed E-state index contributed by atoms with van der Waals surface area (Å²) < 4.78 is 8.66. The maximum absolute atomic E-state index is 6.51. The van der Waals surface area contributed by atoms with E-state index >= 15 is 0 Å². The van der Waals surface area contributed by atoms with Crippen molar-refractivity contribution in [2.24, 2.45) is 0 Å². The van der Waals surface area contributed by atoms with Gasteiger partial charge in [-0.05, 0) is 46.6 Å². The summed E-state index contributed by atoms with van der Waals surface area (Å²) in [5.74, 6) is 1.64. The minimum atomic E-state index is 0.803. The molecule has 0 unspecified atom stereocenters. The van der Waals surface area contributed by atoms with E-state index in [1.807, 2.05) is 30.3 Å². The lowest BCUT2D eigenvalue weighted by molar-refractivity contribution is -0.463. The van der Waals surface area contributed by atoms with Crippen molar-refractivity contribution in [3.8, 4) is 0 Å². The fourth-order valence-electron chi connectivity index (χ4n) is 4.30. The summed E-state index contributed by atoms with van der Waals surface area (Å²) in [5.41, 5.74) is 7.90. The molecule has 0 atom stereocenters. The molecule has 0 fully saturated rings. The maximum Gasteiger partial charge on any atom is 0.207 e. The van der Waals surface area contributed by atoms with Gasteiger partial charge in [-0.1, -0.05) is 103 Å². The fraction of sp³-hybridized carbons (Fsp3) is 0.0606. The smallest absolute Gasteiger partial charge is 0.207 e. The molecular weight excluding hydrogens is 426 g/mol. The molecule has 0 amide bonds. The first-order valence-corrected chi connectivity index (χ1v) is 11.8. The Labute approximate surface area is 207 Å². The van der Waals surface area contributed by atoms with Crippen LogP contribution in [0.5, 0.6) is 0 Å². The second-order valence-corrected chi connectivity index (χ2v) is 8.68. The highest BCUT2D eigenvalue weighted by atomic mass is 16.5. The third-order valence-electron chi connectivity index (χ3n) is 6.03. The summed E-state index contributed by atoms with van der Waals surface area (Å²) in [6.45, 7) is 0. The highest BCUT2D eigenvalue weighted by Gasteiger charge is 2.20. The summed E-state index contributed by atoms with van der Waals surface area (Å²) in [5, 5.41) is 0. The van der Waals surface area contributed by atoms with Crippen molar-refractivity contribution in [2.75, 3.05) is 14.1 Å². The van der Waals surface area contributed by atoms with Crippen molar-refractivity contribution in [3.05, 3.63) is 162 Å². The molecule has 2 nitrogen and oxygen atoms in total. The standard InChI is InChI=1S/C33H28NO/c1-34(2)32-21-13-12-20-30(32)31(26-16-8-4-9-17-26)24-29-22-28(25-14-6-3-7-15-25)23-33(35-29)27-18-10-5-11-19-27/h3-24H,1-2H3/q+1/b29-24-,31-30-. The Morgan fingerprint density at radius 1 is 0.686 bits per heavy atom. The maximum atomic E-state index is 6.51. The Morgan fingerprint density at radius 3 is 1.94 bits per heavy atom. The molecule has 0 N–H and O–H groups in total. The van der Waals surface area contributed by atoms with Crippen LogP contribution in [0.25, 0.3) is 16.9 Å². The number of ether oxygens (including phenoxy) is 1. The molecule has 2 heteroatoms. The molecule has 0 bridgehead atoms. The van der Waals surface area contributed by atoms with Gasteiger partial charge < -0.3 is 4.74 Å². The van der Waals surface area contributed by atoms with Gasteiger partial charge in [-0.15, -0.1) is 0 Å². The second-order valence-electron chi connectivity index (χ2n) is 8.68. The van der Waals surface area contributed by atoms with E-state index in [0.29, 0.717) is 0 Å². The van der Waals surface area contributed by atoms with E-state index in [-0.39, 0.29) is 0 Å². The van der Waals surface area contributed by atoms with Crippen molar-refractivity contribution in [1.82, 2.24) is 0 Å². The van der Waals surface area contributed by atoms with Crippen LogP contribution in [0.3, 0.4) is 0 Å². The number of rotatable bonds is 4. The lowest BCUT2D eigenvalue weighted by atomic mass is 9.92. The van der Waals surface area contributed by atoms with Crippen LogP contribution in [0.15, 0.2) is 145 Å². The second kappa shape index (κ2) is 10.2. The Bertz CT molecular complexity index is 1430. The minimum Gasteiger partial charge on any atom is -0.457 e. The number of hydrogen-bond donors (Lipinski definition) is 0. The first kappa shape index (κ1) is 22.4. The zero-order valence-corrected chi connectivity index (χ0v) is 20.1. The van der Waals surface area contributed by atoms with Gasteiger partial charge in [0.25, 0.3) is 0 Å². The molecule has 3 aromatic carbocycles. The Morgan fingerprint density at radius 2 is 1.29 bits per heavy atom. The van der Waals surface area contributed by atoms with Crippen LogP contribution in [0.2, 0.25) is 0 Å². The van der Waals surface area contributed by atoms with Gasteiger partial charge >= 0.3 is 0 Å². The minimum absolute atomic E-state index is 0.803. The van der Waals surface area contributed by atoms with Crippen molar-refractivity contribution < 1.29 is 9.31 Å². The van der Waals surface area contributed by atoms with Crippen LogP contribution in [0, 0.1) is 0 Å². The molecule has 0 aromatic heterocycles. The molecule has 170 valence electrons. The van der Waals surface area contributed by atoms with Gasteiger partial charge in [0.05, 0.1) is 5.57 Å². The largest absolute Gasteiger partial charge is 0.457 e. The van der Waals surface area contributed by atoms with E-state index in [9.17, 15) is 0 Å². The number of hydrogen-bond acceptors (Lipinski definition) is 1. The number of allylic oxidation sites excluding steroid dienone is 10. The Hall–Kier alpha value is -4.43. The van der Waals surface area contributed by atoms with E-state index in [1.54, 1.807) is 0 Å². The molecule has 1 aliphatic carbocycles. The van der Waals surface area contributed by atoms with E-state index < -0.39 is 0 Å². The zero-order chi connectivity index (χ0) is 24.0. The van der Waals surface area contributed by atoms with Gasteiger partial charge in [0.2, 0.25) is 5.71 Å². The van der Waals surface area contributed by atoms with Crippen LogP contribution >= 0.6 is 0 Å². The van der Waals surface area contributed by atoms with Crippen LogP contribution < -0.4 is 0 Å². The highest BCUT2D eigenvalue weighted by molar-refractivity contribution is 6.14. The predicted octanol–water partition coefficient (Wildman–Crippen LogP) is 7.32. The van der Waals surface area contributed by atoms with Crippen LogP contribution in [-0.2, 0) is 4.74 Å². The lowest BCUT2D eigenvalue weighted by Crippen LogP contribution is -2.15. The first-order valence-electron chi connectivity index (χ1n) is 11.8. The third-order valence-corrected chi connectivity index (χ3v) is 6.03. The molecule has 1 heterocycles. The molecule has 35 heavy (non-hydrogen) atoms. The van der Waals surface area contributed by atoms with E-state index in [2.05, 4.69) is 122 Å². The molecule has 2 aliphatic rings. The monoisotopic (exact) mass is 454 g/mol. The average Bonchev–Trinajstić information content (AvgIpc) is 2.93. The molecule has 0 saturated carbocycles. The van der Waals surface area contributed by atoms with E-state index in [0.717, 1.165) is 50.6 Å². The van der Waals surface area contributed by atoms with Gasteiger partial charge in [-0.25, -0.2) is 4.58 Å². The third kappa shape index (κ3) is 5.07. The van der Waals surface area contributed by atoms with Crippen molar-refractivity contribution >= 4 is 22.6 Å². The summed E-state index contributed by atoms with van der Waals surface area (Å²) >= 11 is 0. The zero-order valence-electron chi connectivity index (χ0n) is 20.1. The number of benzene rings is 3. The van der Waals surface area contributed by atoms with Gasteiger partial charge in [0, 0.05) is 11.6 Å². The molecule has 0 radical (unpaired) electrons. The van der Waals surface area contributed by atoms with E-state index in [4.69, 9.17) is 4.74 Å². The fourth-order valence-corrected chi connectivity index (χ4v) is 4.30. The number of nitrogens with zero attached hydrogens (tertiary/aromatic N) is 1. The van der Waals surface area contributed by atoms with Gasteiger partial charge in [0.15, 0.2) is 0 Å². The SMILES string of the molecule is C[N+](C)=C1C=CC=C/C1=C(\C=C1\C=C(c2ccccc2)C=C(c2ccccc2)O1)c1ccccc1. The van der Waals surface area contributed by atoms with Gasteiger partial charge in [-0.2, -0.15) is 0 Å². The van der Waals surface area contributed by atoms with Gasteiger partial charge in [0.1, 0.15) is 25.6 Å². The van der Waals surface area contributed by atoms with Crippen molar-refractivity contribution in [1.29, 1.82) is 0 Å². The van der Waals surface area contributed by atoms with Crippen LogP contribution in [-0.4, -0.2) is 24.4 Å². The normalized spacial score (nSPS) is 17.5. The average molecular weight is 455 g/mol. The molecule has 3 aromatic rings. The quantitative estimate of drug-likeness (QED) is 0.376. The van der Waals surface area contributed by atoms with Crippen LogP contribution in [0.1, 0.15) is 16.7 Å². The molecular formula is C33H28NO+. The Kier molecular flexibility index (Phi) is 6.54. The van der Waals surface area contributed by atoms with Crippen LogP contribution in [0.4, 0.5) is 0 Å². The summed E-state index contributed by atoms with van der Waals surface area (Å²) in [4.78, 5) is 0. The van der Waals surface area contributed by atoms with E-state index in [1.165, 1.54) is 0 Å². The van der Waals surface area contributed by atoms with Gasteiger partial charge in [-0.3, -0.25) is 0 Å². The van der Waals surface area contributed by atoms with Crippen molar-refractivity contribution in [2.45, 2.75) is 0 Å². The van der Waals surface area contributed by atoms with Crippen molar-refractivity contribution in [3.63, 3.8) is 0 Å².